The van der Waals surface area contributed by atoms with Gasteiger partial charge in [0, 0.05) is 45.8 Å². The summed E-state index contributed by atoms with van der Waals surface area (Å²) in [5.74, 6) is -0.0239. The molecule has 0 bridgehead atoms. The third-order valence-corrected chi connectivity index (χ3v) is 4.85. The first kappa shape index (κ1) is 15.9. The van der Waals surface area contributed by atoms with E-state index in [0.29, 0.717) is 6.04 Å². The Kier molecular flexibility index (Phi) is 4.57. The van der Waals surface area contributed by atoms with Crippen molar-refractivity contribution in [2.75, 3.05) is 13.6 Å². The van der Waals surface area contributed by atoms with E-state index in [2.05, 4.69) is 46.4 Å². The highest BCUT2D eigenvalue weighted by molar-refractivity contribution is 5.92. The van der Waals surface area contributed by atoms with Crippen LogP contribution in [0.1, 0.15) is 47.1 Å². The van der Waals surface area contributed by atoms with E-state index >= 15 is 0 Å². The Morgan fingerprint density at radius 1 is 1.26 bits per heavy atom. The molecule has 0 saturated carbocycles. The molecule has 3 heterocycles. The minimum absolute atomic E-state index is 0.0239. The second-order valence-electron chi connectivity index (χ2n) is 6.45. The number of hydrogen-bond donors (Lipinski definition) is 1. The quantitative estimate of drug-likeness (QED) is 0.942. The second-order valence-corrected chi connectivity index (χ2v) is 6.45. The fourth-order valence-corrected chi connectivity index (χ4v) is 3.62. The smallest absolute Gasteiger partial charge is 0.267 e. The predicted octanol–water partition coefficient (Wildman–Crippen LogP) is 2.45. The molecule has 1 saturated heterocycles. The van der Waals surface area contributed by atoms with Crippen molar-refractivity contribution >= 4 is 5.91 Å². The second kappa shape index (κ2) is 6.62. The molecule has 5 nitrogen and oxygen atoms in total. The first-order valence-corrected chi connectivity index (χ1v) is 8.32. The fraction of sp³-hybridized carbons (Fsp3) is 0.500. The third-order valence-electron chi connectivity index (χ3n) is 4.85. The van der Waals surface area contributed by atoms with E-state index in [-0.39, 0.29) is 5.91 Å². The molecule has 0 aliphatic carbocycles. The Morgan fingerprint density at radius 2 is 2.09 bits per heavy atom. The average Bonchev–Trinajstić information content (AvgIpc) is 3.13. The highest BCUT2D eigenvalue weighted by Gasteiger charge is 2.27. The molecule has 2 aromatic heterocycles. The summed E-state index contributed by atoms with van der Waals surface area (Å²) in [6.07, 6.45) is 7.93. The molecule has 1 aliphatic heterocycles. The van der Waals surface area contributed by atoms with Crippen LogP contribution in [0, 0.1) is 0 Å². The van der Waals surface area contributed by atoms with Gasteiger partial charge in [0.1, 0.15) is 5.69 Å². The van der Waals surface area contributed by atoms with Gasteiger partial charge in [0.25, 0.3) is 5.91 Å². The number of rotatable bonds is 4. The van der Waals surface area contributed by atoms with Gasteiger partial charge in [-0.15, -0.1) is 0 Å². The van der Waals surface area contributed by atoms with Crippen LogP contribution in [0.5, 0.6) is 0 Å². The highest BCUT2D eigenvalue weighted by atomic mass is 16.1. The summed E-state index contributed by atoms with van der Waals surface area (Å²) in [7, 11) is 5.73. The number of nitrogens with zero attached hydrogens (tertiary/aromatic N) is 3. The van der Waals surface area contributed by atoms with Gasteiger partial charge < -0.3 is 14.5 Å². The largest absolute Gasteiger partial charge is 0.357 e. The molecule has 5 heteroatoms. The molecule has 0 aromatic carbocycles. The molecule has 1 fully saturated rings. The average molecular weight is 314 g/mol. The Balaban J connectivity index is 1.84. The highest BCUT2D eigenvalue weighted by Crippen LogP contribution is 2.32. The normalized spacial score (nSPS) is 19.0. The van der Waals surface area contributed by atoms with Gasteiger partial charge in [-0.05, 0) is 43.1 Å². The van der Waals surface area contributed by atoms with Crippen molar-refractivity contribution in [3.05, 3.63) is 47.5 Å². The zero-order chi connectivity index (χ0) is 16.4. The molecule has 1 N–H and O–H groups in total. The lowest BCUT2D eigenvalue weighted by Crippen LogP contribution is -2.34. The van der Waals surface area contributed by atoms with Gasteiger partial charge in [-0.3, -0.25) is 9.69 Å². The van der Waals surface area contributed by atoms with Crippen molar-refractivity contribution in [3.63, 3.8) is 0 Å². The summed E-state index contributed by atoms with van der Waals surface area (Å²) < 4.78 is 4.15. The summed E-state index contributed by atoms with van der Waals surface area (Å²) in [4.78, 5) is 14.5. The zero-order valence-electron chi connectivity index (χ0n) is 14.2. The zero-order valence-corrected chi connectivity index (χ0v) is 14.2. The first-order chi connectivity index (χ1) is 11.1. The summed E-state index contributed by atoms with van der Waals surface area (Å²) in [5.41, 5.74) is 3.31. The lowest BCUT2D eigenvalue weighted by atomic mass is 9.98. The molecule has 1 atom stereocenters. The number of hydrogen-bond acceptors (Lipinski definition) is 2. The van der Waals surface area contributed by atoms with Crippen LogP contribution in [-0.2, 0) is 20.6 Å². The van der Waals surface area contributed by atoms with Crippen LogP contribution in [0.15, 0.2) is 30.6 Å². The van der Waals surface area contributed by atoms with Gasteiger partial charge in [0.2, 0.25) is 0 Å². The number of likely N-dealkylation sites (tertiary alicyclic amines) is 1. The number of nitrogens with one attached hydrogen (secondary N) is 1. The van der Waals surface area contributed by atoms with Gasteiger partial charge >= 0.3 is 0 Å². The van der Waals surface area contributed by atoms with Crippen LogP contribution in [0.2, 0.25) is 0 Å². The van der Waals surface area contributed by atoms with E-state index < -0.39 is 0 Å². The SMILES string of the molecule is CNC(=O)c1ccc([C@H]2CCCCN2Cc2ccn(C)c2)n1C. The number of piperidine rings is 1. The van der Waals surface area contributed by atoms with Crippen LogP contribution < -0.4 is 5.32 Å². The maximum absolute atomic E-state index is 12.0. The summed E-state index contributed by atoms with van der Waals surface area (Å²) in [6.45, 7) is 2.08. The van der Waals surface area contributed by atoms with Gasteiger partial charge in [0.15, 0.2) is 0 Å². The monoisotopic (exact) mass is 314 g/mol. The van der Waals surface area contributed by atoms with Crippen LogP contribution in [0.4, 0.5) is 0 Å². The van der Waals surface area contributed by atoms with E-state index in [1.54, 1.807) is 7.05 Å². The van der Waals surface area contributed by atoms with Gasteiger partial charge in [0.05, 0.1) is 6.04 Å². The summed E-state index contributed by atoms with van der Waals surface area (Å²) in [5, 5.41) is 2.72. The van der Waals surface area contributed by atoms with Crippen molar-refractivity contribution in [1.29, 1.82) is 0 Å². The lowest BCUT2D eigenvalue weighted by Gasteiger charge is -2.36. The molecule has 0 radical (unpaired) electrons. The van der Waals surface area contributed by atoms with Gasteiger partial charge in [-0.2, -0.15) is 0 Å². The number of carbonyl (C=O) groups is 1. The molecule has 0 unspecified atom stereocenters. The van der Waals surface area contributed by atoms with E-state index in [1.807, 2.05) is 17.7 Å². The Hall–Kier alpha value is -2.01. The Labute approximate surface area is 137 Å². The van der Waals surface area contributed by atoms with Gasteiger partial charge in [-0.25, -0.2) is 0 Å². The molecule has 124 valence electrons. The van der Waals surface area contributed by atoms with Gasteiger partial charge in [-0.1, -0.05) is 6.42 Å². The maximum Gasteiger partial charge on any atom is 0.267 e. The van der Waals surface area contributed by atoms with E-state index in [1.165, 1.54) is 24.1 Å². The number of aromatic nitrogens is 2. The number of carbonyl (C=O) groups excluding carboxylic acids is 1. The van der Waals surface area contributed by atoms with Crippen molar-refractivity contribution in [1.82, 2.24) is 19.4 Å². The molecule has 3 rings (SSSR count). The molecule has 2 aromatic rings. The van der Waals surface area contributed by atoms with E-state index in [0.717, 1.165) is 25.2 Å². The van der Waals surface area contributed by atoms with Crippen molar-refractivity contribution in [2.45, 2.75) is 31.8 Å². The standard InChI is InChI=1S/C18H26N4O/c1-19-18(23)17-8-7-15(21(17)3)16-6-4-5-10-22(16)13-14-9-11-20(2)12-14/h7-9,11-12,16H,4-6,10,13H2,1-3H3,(H,19,23)/t16-/m1/s1. The molecular weight excluding hydrogens is 288 g/mol. The van der Waals surface area contributed by atoms with E-state index in [9.17, 15) is 4.79 Å². The van der Waals surface area contributed by atoms with E-state index in [4.69, 9.17) is 0 Å². The summed E-state index contributed by atoms with van der Waals surface area (Å²) >= 11 is 0. The lowest BCUT2D eigenvalue weighted by molar-refractivity contribution is 0.0952. The number of amides is 1. The van der Waals surface area contributed by atoms with Crippen molar-refractivity contribution in [2.24, 2.45) is 14.1 Å². The minimum Gasteiger partial charge on any atom is -0.357 e. The van der Waals surface area contributed by atoms with Crippen molar-refractivity contribution in [3.8, 4) is 0 Å². The number of aryl methyl sites for hydroxylation is 1. The molecular formula is C18H26N4O. The molecule has 23 heavy (non-hydrogen) atoms. The topological polar surface area (TPSA) is 42.2 Å². The van der Waals surface area contributed by atoms with Crippen LogP contribution in [0.25, 0.3) is 0 Å². The van der Waals surface area contributed by atoms with Crippen molar-refractivity contribution < 1.29 is 4.79 Å². The first-order valence-electron chi connectivity index (χ1n) is 8.32. The minimum atomic E-state index is -0.0239. The van der Waals surface area contributed by atoms with Crippen LogP contribution in [0.3, 0.4) is 0 Å². The third kappa shape index (κ3) is 3.20. The van der Waals surface area contributed by atoms with Crippen LogP contribution in [-0.4, -0.2) is 33.5 Å². The Bertz CT molecular complexity index is 685. The van der Waals surface area contributed by atoms with Crippen LogP contribution >= 0.6 is 0 Å². The molecule has 1 amide bonds. The Morgan fingerprint density at radius 3 is 2.78 bits per heavy atom. The molecule has 1 aliphatic rings. The maximum atomic E-state index is 12.0. The fourth-order valence-electron chi connectivity index (χ4n) is 3.62. The molecule has 0 spiro atoms. The predicted molar refractivity (Wildman–Crippen MR) is 91.2 cm³/mol. The summed E-state index contributed by atoms with van der Waals surface area (Å²) in [6, 6.07) is 6.61.